The van der Waals surface area contributed by atoms with E-state index < -0.39 is 0 Å². The molecule has 0 aromatic heterocycles. The number of nitrogens with zero attached hydrogens (tertiary/aromatic N) is 1. The van der Waals surface area contributed by atoms with Gasteiger partial charge in [-0.15, -0.1) is 12.4 Å². The zero-order chi connectivity index (χ0) is 9.97. The van der Waals surface area contributed by atoms with Gasteiger partial charge in [0.1, 0.15) is 0 Å². The van der Waals surface area contributed by atoms with E-state index in [-0.39, 0.29) is 12.4 Å². The van der Waals surface area contributed by atoms with Gasteiger partial charge in [0, 0.05) is 18.5 Å². The van der Waals surface area contributed by atoms with Gasteiger partial charge >= 0.3 is 0 Å². The van der Waals surface area contributed by atoms with Gasteiger partial charge in [-0.25, -0.2) is 0 Å². The average molecular weight is 233 g/mol. The van der Waals surface area contributed by atoms with Crippen molar-refractivity contribution in [2.24, 2.45) is 11.7 Å². The molecule has 88 valence electrons. The fourth-order valence-electron chi connectivity index (χ4n) is 2.01. The molecular weight excluding hydrogens is 212 g/mol. The molecule has 2 aliphatic carbocycles. The molecule has 0 aliphatic heterocycles. The predicted octanol–water partition coefficient (Wildman–Crippen LogP) is 1.55. The minimum atomic E-state index is 0. The van der Waals surface area contributed by atoms with Crippen molar-refractivity contribution >= 4 is 18.3 Å². The lowest BCUT2D eigenvalue weighted by Crippen LogP contribution is -2.41. The van der Waals surface area contributed by atoms with Crippen LogP contribution in [0.5, 0.6) is 0 Å². The molecule has 0 radical (unpaired) electrons. The Bertz CT molecular complexity index is 215. The van der Waals surface area contributed by atoms with Crippen LogP contribution in [0.15, 0.2) is 0 Å². The standard InChI is InChI=1S/C11H20N2O.ClH/c12-7-2-8-13(10-5-6-10)11(14)9-3-1-4-9;/h9-10H,1-8,12H2;1H. The van der Waals surface area contributed by atoms with Crippen molar-refractivity contribution in [1.82, 2.24) is 4.90 Å². The summed E-state index contributed by atoms with van der Waals surface area (Å²) in [6.07, 6.45) is 6.85. The van der Waals surface area contributed by atoms with E-state index in [4.69, 9.17) is 5.73 Å². The lowest BCUT2D eigenvalue weighted by molar-refractivity contribution is -0.138. The number of rotatable bonds is 5. The van der Waals surface area contributed by atoms with Crippen molar-refractivity contribution in [3.63, 3.8) is 0 Å². The summed E-state index contributed by atoms with van der Waals surface area (Å²) in [4.78, 5) is 14.1. The second-order valence-corrected chi connectivity index (χ2v) is 4.53. The first-order chi connectivity index (χ1) is 6.83. The van der Waals surface area contributed by atoms with Crippen LogP contribution < -0.4 is 5.73 Å². The van der Waals surface area contributed by atoms with E-state index in [2.05, 4.69) is 4.90 Å². The fourth-order valence-corrected chi connectivity index (χ4v) is 2.01. The van der Waals surface area contributed by atoms with Crippen LogP contribution in [0.1, 0.15) is 38.5 Å². The normalized spacial score (nSPS) is 20.3. The summed E-state index contributed by atoms with van der Waals surface area (Å²) in [7, 11) is 0. The van der Waals surface area contributed by atoms with Crippen LogP contribution in [0.2, 0.25) is 0 Å². The minimum absolute atomic E-state index is 0. The van der Waals surface area contributed by atoms with Crippen molar-refractivity contribution in [2.75, 3.05) is 13.1 Å². The molecule has 15 heavy (non-hydrogen) atoms. The molecular formula is C11H21ClN2O. The summed E-state index contributed by atoms with van der Waals surface area (Å²) in [5.41, 5.74) is 5.48. The number of nitrogens with two attached hydrogens (primary N) is 1. The zero-order valence-corrected chi connectivity index (χ0v) is 9.97. The number of halogens is 1. The van der Waals surface area contributed by atoms with Crippen LogP contribution in [-0.2, 0) is 4.79 Å². The molecule has 0 saturated heterocycles. The molecule has 2 fully saturated rings. The van der Waals surface area contributed by atoms with Gasteiger partial charge in [0.2, 0.25) is 5.91 Å². The number of carbonyl (C=O) groups is 1. The largest absolute Gasteiger partial charge is 0.339 e. The molecule has 0 bridgehead atoms. The maximum Gasteiger partial charge on any atom is 0.225 e. The Kier molecular flexibility index (Phi) is 4.87. The topological polar surface area (TPSA) is 46.3 Å². The zero-order valence-electron chi connectivity index (χ0n) is 9.15. The molecule has 2 aliphatic rings. The Hall–Kier alpha value is -0.280. The number of amides is 1. The van der Waals surface area contributed by atoms with Crippen molar-refractivity contribution in [1.29, 1.82) is 0 Å². The van der Waals surface area contributed by atoms with Gasteiger partial charge in [-0.1, -0.05) is 6.42 Å². The Balaban J connectivity index is 0.00000112. The van der Waals surface area contributed by atoms with Crippen LogP contribution in [0.3, 0.4) is 0 Å². The lowest BCUT2D eigenvalue weighted by atomic mass is 9.84. The molecule has 2 saturated carbocycles. The van der Waals surface area contributed by atoms with Crippen molar-refractivity contribution in [2.45, 2.75) is 44.6 Å². The number of carbonyl (C=O) groups excluding carboxylic acids is 1. The Labute approximate surface area is 97.8 Å². The first kappa shape index (κ1) is 12.8. The van der Waals surface area contributed by atoms with Gasteiger partial charge in [-0.05, 0) is 38.6 Å². The van der Waals surface area contributed by atoms with Gasteiger partial charge < -0.3 is 10.6 Å². The third-order valence-corrected chi connectivity index (χ3v) is 3.33. The summed E-state index contributed by atoms with van der Waals surface area (Å²) in [5.74, 6) is 0.764. The molecule has 2 rings (SSSR count). The molecule has 1 amide bonds. The average Bonchev–Trinajstić information content (AvgIpc) is 2.85. The Morgan fingerprint density at radius 1 is 1.27 bits per heavy atom. The summed E-state index contributed by atoms with van der Waals surface area (Å²) in [6.45, 7) is 1.58. The summed E-state index contributed by atoms with van der Waals surface area (Å²) in [6, 6.07) is 0.564. The first-order valence-electron chi connectivity index (χ1n) is 5.83. The van der Waals surface area contributed by atoms with E-state index >= 15 is 0 Å². The van der Waals surface area contributed by atoms with Gasteiger partial charge in [-0.2, -0.15) is 0 Å². The molecule has 0 atom stereocenters. The molecule has 4 heteroatoms. The van der Waals surface area contributed by atoms with Crippen LogP contribution in [0.4, 0.5) is 0 Å². The monoisotopic (exact) mass is 232 g/mol. The summed E-state index contributed by atoms with van der Waals surface area (Å²) in [5, 5.41) is 0. The van der Waals surface area contributed by atoms with Crippen molar-refractivity contribution in [3.05, 3.63) is 0 Å². The van der Waals surface area contributed by atoms with Gasteiger partial charge in [0.15, 0.2) is 0 Å². The SMILES string of the molecule is Cl.NCCCN(C(=O)C1CCC1)C1CC1. The smallest absolute Gasteiger partial charge is 0.225 e. The second kappa shape index (κ2) is 5.71. The Morgan fingerprint density at radius 3 is 2.33 bits per heavy atom. The van der Waals surface area contributed by atoms with Gasteiger partial charge in [0.25, 0.3) is 0 Å². The summed E-state index contributed by atoms with van der Waals surface area (Å²) >= 11 is 0. The highest BCUT2D eigenvalue weighted by atomic mass is 35.5. The minimum Gasteiger partial charge on any atom is -0.339 e. The Morgan fingerprint density at radius 2 is 1.93 bits per heavy atom. The highest BCUT2D eigenvalue weighted by Crippen LogP contribution is 2.33. The molecule has 0 aromatic carbocycles. The highest BCUT2D eigenvalue weighted by molar-refractivity contribution is 5.85. The molecule has 0 unspecified atom stereocenters. The highest BCUT2D eigenvalue weighted by Gasteiger charge is 2.37. The molecule has 0 heterocycles. The molecule has 0 spiro atoms. The molecule has 0 aromatic rings. The van der Waals surface area contributed by atoms with Crippen molar-refractivity contribution in [3.8, 4) is 0 Å². The maximum absolute atomic E-state index is 12.0. The van der Waals surface area contributed by atoms with Crippen LogP contribution in [0, 0.1) is 5.92 Å². The van der Waals surface area contributed by atoms with Crippen LogP contribution >= 0.6 is 12.4 Å². The van der Waals surface area contributed by atoms with Crippen molar-refractivity contribution < 1.29 is 4.79 Å². The maximum atomic E-state index is 12.0. The van der Waals surface area contributed by atoms with E-state index in [0.717, 1.165) is 25.8 Å². The van der Waals surface area contributed by atoms with E-state index in [9.17, 15) is 4.79 Å². The van der Waals surface area contributed by atoms with E-state index in [1.165, 1.54) is 19.3 Å². The number of hydrogen-bond acceptors (Lipinski definition) is 2. The second-order valence-electron chi connectivity index (χ2n) is 4.53. The molecule has 2 N–H and O–H groups in total. The van der Waals surface area contributed by atoms with Gasteiger partial charge in [0.05, 0.1) is 0 Å². The lowest BCUT2D eigenvalue weighted by Gasteiger charge is -2.31. The summed E-state index contributed by atoms with van der Waals surface area (Å²) < 4.78 is 0. The third-order valence-electron chi connectivity index (χ3n) is 3.33. The predicted molar refractivity (Wildman–Crippen MR) is 63.0 cm³/mol. The quantitative estimate of drug-likeness (QED) is 0.782. The molecule has 3 nitrogen and oxygen atoms in total. The first-order valence-corrected chi connectivity index (χ1v) is 5.83. The third kappa shape index (κ3) is 3.08. The number of hydrogen-bond donors (Lipinski definition) is 1. The van der Waals surface area contributed by atoms with E-state index in [1.54, 1.807) is 0 Å². The van der Waals surface area contributed by atoms with E-state index in [1.807, 2.05) is 0 Å². The fraction of sp³-hybridized carbons (Fsp3) is 0.909. The van der Waals surface area contributed by atoms with Gasteiger partial charge in [-0.3, -0.25) is 4.79 Å². The van der Waals surface area contributed by atoms with E-state index in [0.29, 0.717) is 24.4 Å². The van der Waals surface area contributed by atoms with Crippen LogP contribution in [0.25, 0.3) is 0 Å². The van der Waals surface area contributed by atoms with Crippen LogP contribution in [-0.4, -0.2) is 29.9 Å².